The standard InChI is InChI=1S/C17H13N3O3S.C16H13N3O5S.C10H8ClNO2S.C6H6N2O3.C6H14O2/c1-24(21,22)12-3-4-14-13(9-12)15(6-7-18-14)20-11-2-5-17-16(8-11)19-10-23-17;1-25(23,24)11-3-4-13-12(9-11)14(6-7-17-13)18-10-2-5-16(20)15(8-10)19(21)22;1-15(13,14)7-2-3-10-8(6-7)9(11)4-5-12-10;7-4-1-2-6(9)5(3-4)8(10)11;1-4-7-6(3)8-5-2/h2-10H,1H3,(H,18,20);2-9,20H,1H3,(H,17,18);2-6H,1H3;1-3,9H,7H2;6H,4-5H2,1-3H3. The number of hydrogen-bond donors (Lipinski definition) is 5. The minimum atomic E-state index is -3.39. The van der Waals surface area contributed by atoms with Gasteiger partial charge in [-0.2, -0.15) is 0 Å². The number of rotatable bonds is 13. The first-order valence-electron chi connectivity index (χ1n) is 24.4. The zero-order chi connectivity index (χ0) is 60.8. The van der Waals surface area contributed by atoms with Gasteiger partial charge in [-0.1, -0.05) is 11.6 Å². The zero-order valence-electron chi connectivity index (χ0n) is 45.0. The lowest BCUT2D eigenvalue weighted by Crippen LogP contribution is -2.11. The summed E-state index contributed by atoms with van der Waals surface area (Å²) in [5.74, 6) is -0.807. The highest BCUT2D eigenvalue weighted by Gasteiger charge is 2.17. The fourth-order valence-corrected chi connectivity index (χ4v) is 9.60. The predicted octanol–water partition coefficient (Wildman–Crippen LogP) is 11.1. The molecule has 434 valence electrons. The lowest BCUT2D eigenvalue weighted by molar-refractivity contribution is -0.385. The number of anilines is 5. The number of sulfone groups is 3. The van der Waals surface area contributed by atoms with Gasteiger partial charge in [-0.05, 0) is 136 Å². The third-order valence-corrected chi connectivity index (χ3v) is 15.1. The van der Waals surface area contributed by atoms with Crippen molar-refractivity contribution in [3.63, 3.8) is 0 Å². The van der Waals surface area contributed by atoms with E-state index in [0.29, 0.717) is 43.8 Å². The summed E-state index contributed by atoms with van der Waals surface area (Å²) in [5.41, 5.74) is 10.7. The van der Waals surface area contributed by atoms with Gasteiger partial charge in [0.2, 0.25) is 0 Å². The van der Waals surface area contributed by atoms with Crippen LogP contribution in [0.2, 0.25) is 5.02 Å². The van der Waals surface area contributed by atoms with Gasteiger partial charge >= 0.3 is 11.4 Å². The number of halogens is 1. The summed E-state index contributed by atoms with van der Waals surface area (Å²) >= 11 is 5.94. The minimum absolute atomic E-state index is 0.0370. The largest absolute Gasteiger partial charge is 0.502 e. The Balaban J connectivity index is 0.000000177. The van der Waals surface area contributed by atoms with Crippen LogP contribution >= 0.6 is 11.6 Å². The van der Waals surface area contributed by atoms with Crippen molar-refractivity contribution in [2.75, 3.05) is 48.3 Å². The number of phenolic OH excluding ortho intramolecular Hbond substituents is 2. The summed E-state index contributed by atoms with van der Waals surface area (Å²) in [4.78, 5) is 37.1. The molecule has 0 fully saturated rings. The van der Waals surface area contributed by atoms with E-state index in [1.165, 1.54) is 67.4 Å². The maximum atomic E-state index is 11.8. The Morgan fingerprint density at radius 3 is 1.45 bits per heavy atom. The number of benzene rings is 6. The number of hydrogen-bond acceptors (Lipinski definition) is 22. The van der Waals surface area contributed by atoms with Gasteiger partial charge in [-0.3, -0.25) is 35.2 Å². The highest BCUT2D eigenvalue weighted by atomic mass is 35.5. The number of nitrogen functional groups attached to an aromatic ring is 1. The van der Waals surface area contributed by atoms with Crippen molar-refractivity contribution in [2.24, 2.45) is 0 Å². The van der Waals surface area contributed by atoms with Gasteiger partial charge in [0.05, 0.1) is 46.1 Å². The van der Waals surface area contributed by atoms with Gasteiger partial charge in [0.15, 0.2) is 59.3 Å². The molecule has 4 heterocycles. The number of ether oxygens (including phenoxy) is 2. The third-order valence-electron chi connectivity index (χ3n) is 11.4. The maximum Gasteiger partial charge on any atom is 0.312 e. The molecule has 10 rings (SSSR count). The molecule has 0 radical (unpaired) electrons. The van der Waals surface area contributed by atoms with Crippen molar-refractivity contribution in [3.8, 4) is 11.5 Å². The Labute approximate surface area is 480 Å². The summed E-state index contributed by atoms with van der Waals surface area (Å²) in [7, 11) is -9.87. The molecule has 10 aromatic rings. The van der Waals surface area contributed by atoms with Crippen LogP contribution in [-0.2, 0) is 39.0 Å². The van der Waals surface area contributed by atoms with Crippen LogP contribution < -0.4 is 16.4 Å². The van der Waals surface area contributed by atoms with E-state index in [-0.39, 0.29) is 38.1 Å². The molecule has 0 saturated carbocycles. The van der Waals surface area contributed by atoms with Crippen LogP contribution in [0.25, 0.3) is 43.8 Å². The van der Waals surface area contributed by atoms with Crippen molar-refractivity contribution in [1.82, 2.24) is 19.9 Å². The molecule has 0 aliphatic heterocycles. The average molecular weight is 1210 g/mol. The smallest absolute Gasteiger partial charge is 0.312 e. The van der Waals surface area contributed by atoms with Gasteiger partial charge in [-0.25, -0.2) is 30.2 Å². The quantitative estimate of drug-likeness (QED) is 0.0235. The molecule has 0 saturated heterocycles. The number of nitro benzene ring substituents is 2. The fraction of sp³-hybridized carbons (Fsp3) is 0.164. The van der Waals surface area contributed by atoms with Gasteiger partial charge in [0, 0.05) is 107 Å². The lowest BCUT2D eigenvalue weighted by atomic mass is 10.1. The number of fused-ring (bicyclic) bond motifs is 4. The topological polar surface area (TPSA) is 362 Å². The number of pyridine rings is 3. The maximum absolute atomic E-state index is 11.8. The van der Waals surface area contributed by atoms with Gasteiger partial charge in [0.1, 0.15) is 5.52 Å². The summed E-state index contributed by atoms with van der Waals surface area (Å²) in [5, 5.41) is 48.3. The van der Waals surface area contributed by atoms with Crippen molar-refractivity contribution in [3.05, 3.63) is 178 Å². The number of oxazole rings is 1. The van der Waals surface area contributed by atoms with E-state index >= 15 is 0 Å². The van der Waals surface area contributed by atoms with Crippen molar-refractivity contribution in [2.45, 2.75) is 41.7 Å². The SMILES string of the molecule is CCOC(C)OCC.CS(=O)(=O)c1ccc2nccc(Cl)c2c1.CS(=O)(=O)c1ccc2nccc(Nc3ccc(O)c([N+](=O)[O-])c3)c2c1.CS(=O)(=O)c1ccc2nccc(Nc3ccc4ocnc4c3)c2c1.Nc1ccc(O)c([N+](=O)[O-])c1. The monoisotopic (exact) mass is 1210 g/mol. The molecule has 0 aliphatic rings. The number of nitrogens with two attached hydrogens (primary N) is 1. The van der Waals surface area contributed by atoms with E-state index in [2.05, 4.69) is 30.6 Å². The number of phenols is 2. The molecule has 0 amide bonds. The van der Waals surface area contributed by atoms with E-state index in [1.54, 1.807) is 73.2 Å². The zero-order valence-corrected chi connectivity index (χ0v) is 48.2. The van der Waals surface area contributed by atoms with Crippen LogP contribution in [0.5, 0.6) is 11.5 Å². The van der Waals surface area contributed by atoms with Crippen LogP contribution in [0, 0.1) is 20.2 Å². The molecule has 0 aliphatic carbocycles. The second kappa shape index (κ2) is 27.6. The molecule has 0 atom stereocenters. The first-order chi connectivity index (χ1) is 39.2. The number of nitrogens with one attached hydrogen (secondary N) is 2. The van der Waals surface area contributed by atoms with E-state index in [4.69, 9.17) is 36.3 Å². The van der Waals surface area contributed by atoms with Gasteiger partial charge in [0.25, 0.3) is 0 Å². The molecule has 28 heteroatoms. The van der Waals surface area contributed by atoms with Crippen LogP contribution in [0.4, 0.5) is 39.8 Å². The first kappa shape index (κ1) is 63.1. The van der Waals surface area contributed by atoms with Crippen molar-refractivity contribution in [1.29, 1.82) is 0 Å². The molecule has 0 bridgehead atoms. The molecule has 0 unspecified atom stereocenters. The Hall–Kier alpha value is -9.12. The summed E-state index contributed by atoms with van der Waals surface area (Å²) in [6.07, 6.45) is 9.64. The number of aromatic nitrogens is 4. The number of nitro groups is 2. The molecule has 83 heavy (non-hydrogen) atoms. The predicted molar refractivity (Wildman–Crippen MR) is 317 cm³/mol. The van der Waals surface area contributed by atoms with E-state index < -0.39 is 50.8 Å². The molecule has 4 aromatic heterocycles. The molecule has 0 spiro atoms. The van der Waals surface area contributed by atoms with Crippen molar-refractivity contribution >= 4 is 125 Å². The minimum Gasteiger partial charge on any atom is -0.502 e. The Kier molecular flexibility index (Phi) is 20.9. The second-order valence-electron chi connectivity index (χ2n) is 17.6. The number of aromatic hydroxyl groups is 2. The molecule has 6 N–H and O–H groups in total. The van der Waals surface area contributed by atoms with E-state index in [0.717, 1.165) is 53.3 Å². The van der Waals surface area contributed by atoms with Crippen LogP contribution in [0.3, 0.4) is 0 Å². The molecular formula is C55H54ClN9O15S3. The Morgan fingerprint density at radius 2 is 0.988 bits per heavy atom. The van der Waals surface area contributed by atoms with Crippen molar-refractivity contribution < 1.29 is 59.2 Å². The summed E-state index contributed by atoms with van der Waals surface area (Å²) in [6, 6.07) is 32.4. The molecule has 24 nitrogen and oxygen atoms in total. The Morgan fingerprint density at radius 1 is 0.566 bits per heavy atom. The van der Waals surface area contributed by atoms with Gasteiger partial charge in [-0.15, -0.1) is 0 Å². The molecular weight excluding hydrogens is 1160 g/mol. The fourth-order valence-electron chi connectivity index (χ4n) is 7.45. The van der Waals surface area contributed by atoms with E-state index in [1.807, 2.05) is 39.0 Å². The van der Waals surface area contributed by atoms with Crippen LogP contribution in [0.1, 0.15) is 20.8 Å². The highest BCUT2D eigenvalue weighted by Crippen LogP contribution is 2.34. The van der Waals surface area contributed by atoms with Crippen LogP contribution in [0.15, 0.2) is 171 Å². The Bertz CT molecular complexity index is 4340. The second-order valence-corrected chi connectivity index (χ2v) is 24.0. The summed E-state index contributed by atoms with van der Waals surface area (Å²) in [6.45, 7) is 7.25. The number of nitrogens with zero attached hydrogens (tertiary/aromatic N) is 6. The lowest BCUT2D eigenvalue weighted by Gasteiger charge is -2.10. The van der Waals surface area contributed by atoms with Crippen LogP contribution in [-0.4, -0.2) is 104 Å². The summed E-state index contributed by atoms with van der Waals surface area (Å²) < 4.78 is 85.1. The molecule has 6 aromatic carbocycles. The van der Waals surface area contributed by atoms with E-state index in [9.17, 15) is 50.6 Å². The highest BCUT2D eigenvalue weighted by molar-refractivity contribution is 7.91. The average Bonchev–Trinajstić information content (AvgIpc) is 4.06. The third kappa shape index (κ3) is 17.4. The van der Waals surface area contributed by atoms with Gasteiger partial charge < -0.3 is 40.5 Å². The normalized spacial score (nSPS) is 11.3. The first-order valence-corrected chi connectivity index (χ1v) is 30.4.